The van der Waals surface area contributed by atoms with Crippen molar-refractivity contribution in [1.29, 1.82) is 0 Å². The largest absolute Gasteiger partial charge is 0.505 e. The van der Waals surface area contributed by atoms with Crippen molar-refractivity contribution < 1.29 is 33.8 Å². The molecular weight excluding hydrogens is 600 g/mol. The number of ether oxygens (including phenoxy) is 2. The van der Waals surface area contributed by atoms with E-state index in [2.05, 4.69) is 33.7 Å². The number of aromatic nitrogens is 2. The van der Waals surface area contributed by atoms with Crippen molar-refractivity contribution in [3.05, 3.63) is 143 Å². The van der Waals surface area contributed by atoms with Crippen molar-refractivity contribution in [3.63, 3.8) is 0 Å². The second-order valence-electron chi connectivity index (χ2n) is 10.3. The molecule has 0 aliphatic rings. The van der Waals surface area contributed by atoms with Crippen LogP contribution in [0.4, 0.5) is 0 Å². The highest BCUT2D eigenvalue weighted by Crippen LogP contribution is 2.25. The zero-order valence-electron chi connectivity index (χ0n) is 26.4. The summed E-state index contributed by atoms with van der Waals surface area (Å²) >= 11 is 0. The number of aryl methyl sites for hydroxylation is 2. The van der Waals surface area contributed by atoms with Crippen molar-refractivity contribution >= 4 is 29.8 Å². The van der Waals surface area contributed by atoms with Gasteiger partial charge in [0, 0.05) is 52.0 Å². The Morgan fingerprint density at radius 1 is 0.915 bits per heavy atom. The Bertz CT molecular complexity index is 1840. The van der Waals surface area contributed by atoms with E-state index in [0.717, 1.165) is 5.56 Å². The average molecular weight is 635 g/mol. The van der Waals surface area contributed by atoms with E-state index in [-0.39, 0.29) is 35.0 Å². The summed E-state index contributed by atoms with van der Waals surface area (Å²) in [5, 5.41) is 14.1. The van der Waals surface area contributed by atoms with Gasteiger partial charge in [0.2, 0.25) is 0 Å². The molecule has 0 bridgehead atoms. The first-order valence-electron chi connectivity index (χ1n) is 14.2. The van der Waals surface area contributed by atoms with Crippen LogP contribution in [0.25, 0.3) is 0 Å². The van der Waals surface area contributed by atoms with Gasteiger partial charge in [0.1, 0.15) is 18.1 Å². The summed E-state index contributed by atoms with van der Waals surface area (Å²) in [7, 11) is 0. The van der Waals surface area contributed by atoms with Crippen LogP contribution < -0.4 is 10.2 Å². The molecule has 4 aromatic rings. The Kier molecular flexibility index (Phi) is 12.6. The van der Waals surface area contributed by atoms with Crippen molar-refractivity contribution in [2.24, 2.45) is 5.10 Å². The molecule has 0 radical (unpaired) electrons. The van der Waals surface area contributed by atoms with Gasteiger partial charge in [-0.3, -0.25) is 19.6 Å². The predicted molar refractivity (Wildman–Crippen MR) is 176 cm³/mol. The van der Waals surface area contributed by atoms with Gasteiger partial charge in [0.05, 0.1) is 17.5 Å². The number of aromatic hydroxyl groups is 1. The number of hydrogen-bond donors (Lipinski definition) is 2. The highest BCUT2D eigenvalue weighted by atomic mass is 16.5. The number of nitrogens with zero attached hydrogens (tertiary/aromatic N) is 3. The summed E-state index contributed by atoms with van der Waals surface area (Å²) in [6.07, 6.45) is 5.72. The molecule has 0 atom stereocenters. The van der Waals surface area contributed by atoms with Crippen LogP contribution in [-0.4, -0.2) is 44.9 Å². The topological polar surface area (TPSA) is 157 Å². The van der Waals surface area contributed by atoms with E-state index in [9.17, 15) is 24.3 Å². The van der Waals surface area contributed by atoms with Crippen LogP contribution in [-0.2, 0) is 20.9 Å². The minimum absolute atomic E-state index is 0.115. The first-order valence-corrected chi connectivity index (χ1v) is 14.2. The molecule has 2 aromatic carbocycles. The molecule has 0 saturated heterocycles. The van der Waals surface area contributed by atoms with Gasteiger partial charge in [0.25, 0.3) is 5.91 Å². The van der Waals surface area contributed by atoms with Crippen LogP contribution in [0.15, 0.2) is 109 Å². The van der Waals surface area contributed by atoms with Crippen molar-refractivity contribution in [2.75, 3.05) is 0 Å². The Labute approximate surface area is 272 Å². The standard InChI is InChI=1S/C18H18N4O4.C18H16O3/c1-11(2)18(25)26-10-14-8-20-12(3)16(23)15(14)9-21-22-17(24)13-4-6-19-7-5-13;1-12(2)18(20)21-16-10-9-13(3)11-15(16)17(19)14-7-5-4-6-8-14/h4-9,23H,1,10H2,2-3H3,(H,22,24);4-11H,1H2,2-3H3/b21-9+;. The molecule has 11 heteroatoms. The molecule has 0 spiro atoms. The van der Waals surface area contributed by atoms with E-state index >= 15 is 0 Å². The van der Waals surface area contributed by atoms with E-state index < -0.39 is 17.8 Å². The first-order chi connectivity index (χ1) is 22.4. The Morgan fingerprint density at radius 3 is 2.21 bits per heavy atom. The number of carbonyl (C=O) groups excluding carboxylic acids is 4. The molecule has 1 amide bonds. The molecule has 240 valence electrons. The fourth-order valence-corrected chi connectivity index (χ4v) is 3.74. The van der Waals surface area contributed by atoms with Crippen LogP contribution in [0, 0.1) is 13.8 Å². The quantitative estimate of drug-likeness (QED) is 0.0567. The Morgan fingerprint density at radius 2 is 1.57 bits per heavy atom. The number of hydrogen-bond acceptors (Lipinski definition) is 10. The molecule has 2 heterocycles. The molecule has 0 aliphatic carbocycles. The maximum Gasteiger partial charge on any atom is 0.338 e. The number of rotatable bonds is 10. The van der Waals surface area contributed by atoms with Gasteiger partial charge in [-0.05, 0) is 52.0 Å². The molecule has 2 N–H and O–H groups in total. The number of pyridine rings is 2. The summed E-state index contributed by atoms with van der Waals surface area (Å²) < 4.78 is 10.3. The summed E-state index contributed by atoms with van der Waals surface area (Å²) in [6.45, 7) is 13.5. The maximum absolute atomic E-state index is 12.6. The molecule has 47 heavy (non-hydrogen) atoms. The Hall–Kier alpha value is -6.23. The lowest BCUT2D eigenvalue weighted by Crippen LogP contribution is -2.17. The van der Waals surface area contributed by atoms with Crippen LogP contribution >= 0.6 is 0 Å². The number of nitrogens with one attached hydrogen (secondary N) is 1. The molecule has 0 fully saturated rings. The maximum atomic E-state index is 12.6. The summed E-state index contributed by atoms with van der Waals surface area (Å²) in [5.41, 5.74) is 6.24. The van der Waals surface area contributed by atoms with Crippen LogP contribution in [0.1, 0.15) is 62.5 Å². The minimum Gasteiger partial charge on any atom is -0.505 e. The van der Waals surface area contributed by atoms with Gasteiger partial charge < -0.3 is 14.6 Å². The second-order valence-corrected chi connectivity index (χ2v) is 10.3. The number of amides is 1. The summed E-state index contributed by atoms with van der Waals surface area (Å²) in [6, 6.07) is 17.1. The van der Waals surface area contributed by atoms with Gasteiger partial charge in [-0.15, -0.1) is 0 Å². The molecule has 0 unspecified atom stereocenters. The lowest BCUT2D eigenvalue weighted by Gasteiger charge is -2.10. The molecule has 2 aromatic heterocycles. The van der Waals surface area contributed by atoms with Crippen molar-refractivity contribution in [3.8, 4) is 11.5 Å². The smallest absolute Gasteiger partial charge is 0.338 e. The van der Waals surface area contributed by atoms with Gasteiger partial charge >= 0.3 is 11.9 Å². The number of ketones is 1. The van der Waals surface area contributed by atoms with Crippen LogP contribution in [0.3, 0.4) is 0 Å². The molecule has 4 rings (SSSR count). The van der Waals surface area contributed by atoms with E-state index in [4.69, 9.17) is 9.47 Å². The van der Waals surface area contributed by atoms with Crippen LogP contribution in [0.5, 0.6) is 11.5 Å². The Balaban J connectivity index is 0.000000261. The fraction of sp³-hybridized carbons (Fsp3) is 0.139. The number of benzene rings is 2. The zero-order valence-corrected chi connectivity index (χ0v) is 26.4. The minimum atomic E-state index is -0.557. The molecule has 0 saturated carbocycles. The third-order valence-electron chi connectivity index (χ3n) is 6.33. The highest BCUT2D eigenvalue weighted by molar-refractivity contribution is 6.11. The molecule has 0 aliphatic heterocycles. The van der Waals surface area contributed by atoms with E-state index in [0.29, 0.717) is 33.5 Å². The van der Waals surface area contributed by atoms with Crippen molar-refractivity contribution in [2.45, 2.75) is 34.3 Å². The highest BCUT2D eigenvalue weighted by Gasteiger charge is 2.18. The lowest BCUT2D eigenvalue weighted by molar-refractivity contribution is -0.140. The molecular formula is C36H34N4O7. The summed E-state index contributed by atoms with van der Waals surface area (Å²) in [5.74, 6) is -1.56. The van der Waals surface area contributed by atoms with Gasteiger partial charge in [-0.1, -0.05) is 55.1 Å². The normalized spacial score (nSPS) is 10.3. The van der Waals surface area contributed by atoms with Gasteiger partial charge in [-0.2, -0.15) is 5.10 Å². The van der Waals surface area contributed by atoms with E-state index in [1.54, 1.807) is 68.4 Å². The zero-order chi connectivity index (χ0) is 34.5. The first kappa shape index (κ1) is 35.3. The van der Waals surface area contributed by atoms with Gasteiger partial charge in [0.15, 0.2) is 5.78 Å². The number of hydrazone groups is 1. The third-order valence-corrected chi connectivity index (χ3v) is 6.33. The number of carbonyl (C=O) groups is 4. The van der Waals surface area contributed by atoms with Gasteiger partial charge in [-0.25, -0.2) is 15.0 Å². The van der Waals surface area contributed by atoms with E-state index in [1.807, 2.05) is 13.0 Å². The average Bonchev–Trinajstić information content (AvgIpc) is 3.07. The third kappa shape index (κ3) is 10.1. The summed E-state index contributed by atoms with van der Waals surface area (Å²) in [4.78, 5) is 55.6. The lowest BCUT2D eigenvalue weighted by atomic mass is 10.0. The SMILES string of the molecule is C=C(C)C(=O)OCc1cnc(C)c(O)c1/C=N/NC(=O)c1ccncc1.C=C(C)C(=O)Oc1ccc(C)cc1C(=O)c1ccccc1. The second kappa shape index (κ2) is 16.7. The van der Waals surface area contributed by atoms with Crippen LogP contribution in [0.2, 0.25) is 0 Å². The van der Waals surface area contributed by atoms with E-state index in [1.165, 1.54) is 31.7 Å². The molecule has 11 nitrogen and oxygen atoms in total. The van der Waals surface area contributed by atoms with Crippen molar-refractivity contribution in [1.82, 2.24) is 15.4 Å². The number of esters is 2. The predicted octanol–water partition coefficient (Wildman–Crippen LogP) is 5.58. The fourth-order valence-electron chi connectivity index (χ4n) is 3.74. The monoisotopic (exact) mass is 634 g/mol.